The molecule has 2 N–H and O–H groups in total. The lowest BCUT2D eigenvalue weighted by atomic mass is 10.0. The highest BCUT2D eigenvalue weighted by Crippen LogP contribution is 2.26. The summed E-state index contributed by atoms with van der Waals surface area (Å²) in [7, 11) is 0. The van der Waals surface area contributed by atoms with E-state index in [1.165, 1.54) is 0 Å². The van der Waals surface area contributed by atoms with Gasteiger partial charge in [0, 0.05) is 28.5 Å². The Hall–Kier alpha value is -1.45. The maximum Gasteiger partial charge on any atom is 0.145 e. The highest BCUT2D eigenvalue weighted by Gasteiger charge is 2.13. The molecule has 2 rings (SSSR count). The van der Waals surface area contributed by atoms with Gasteiger partial charge in [0.15, 0.2) is 0 Å². The standard InChI is InChI=1S/C14H16ClN3/c1-9(2)13(16)14-17-7-10(8-18-14)11-5-3-4-6-12(11)15/h3-9,13H,16H2,1-2H3. The zero-order valence-electron chi connectivity index (χ0n) is 10.5. The van der Waals surface area contributed by atoms with E-state index in [4.69, 9.17) is 17.3 Å². The second-order valence-corrected chi connectivity index (χ2v) is 4.99. The van der Waals surface area contributed by atoms with Gasteiger partial charge in [0.25, 0.3) is 0 Å². The predicted octanol–water partition coefficient (Wildman–Crippen LogP) is 3.45. The monoisotopic (exact) mass is 261 g/mol. The molecular weight excluding hydrogens is 246 g/mol. The topological polar surface area (TPSA) is 51.8 Å². The van der Waals surface area contributed by atoms with E-state index in [9.17, 15) is 0 Å². The van der Waals surface area contributed by atoms with E-state index in [2.05, 4.69) is 23.8 Å². The molecule has 4 heteroatoms. The van der Waals surface area contributed by atoms with Gasteiger partial charge in [-0.15, -0.1) is 0 Å². The molecule has 1 unspecified atom stereocenters. The molecule has 0 amide bonds. The Kier molecular flexibility index (Phi) is 3.94. The number of nitrogens with two attached hydrogens (primary N) is 1. The first kappa shape index (κ1) is 13.0. The summed E-state index contributed by atoms with van der Waals surface area (Å²) >= 11 is 6.13. The number of rotatable bonds is 3. The van der Waals surface area contributed by atoms with E-state index in [-0.39, 0.29) is 6.04 Å². The maximum absolute atomic E-state index is 6.13. The molecule has 2 aromatic rings. The molecule has 0 aliphatic rings. The molecule has 0 aliphatic carbocycles. The van der Waals surface area contributed by atoms with Crippen LogP contribution in [-0.4, -0.2) is 9.97 Å². The van der Waals surface area contributed by atoms with Crippen molar-refractivity contribution < 1.29 is 0 Å². The summed E-state index contributed by atoms with van der Waals surface area (Å²) in [5, 5.41) is 0.696. The summed E-state index contributed by atoms with van der Waals surface area (Å²) in [6, 6.07) is 7.50. The second-order valence-electron chi connectivity index (χ2n) is 4.58. The average Bonchev–Trinajstić information content (AvgIpc) is 2.38. The molecule has 94 valence electrons. The van der Waals surface area contributed by atoms with Crippen LogP contribution in [0.5, 0.6) is 0 Å². The van der Waals surface area contributed by atoms with Gasteiger partial charge < -0.3 is 5.73 Å². The van der Waals surface area contributed by atoms with Crippen molar-refractivity contribution in [3.05, 3.63) is 47.5 Å². The van der Waals surface area contributed by atoms with E-state index in [0.717, 1.165) is 11.1 Å². The van der Waals surface area contributed by atoms with Gasteiger partial charge in [0.1, 0.15) is 5.82 Å². The number of benzene rings is 1. The molecule has 3 nitrogen and oxygen atoms in total. The maximum atomic E-state index is 6.13. The molecule has 1 atom stereocenters. The lowest BCUT2D eigenvalue weighted by Gasteiger charge is -2.14. The van der Waals surface area contributed by atoms with Crippen LogP contribution in [0.3, 0.4) is 0 Å². The molecule has 0 saturated carbocycles. The molecule has 1 aromatic carbocycles. The third kappa shape index (κ3) is 2.68. The molecule has 0 saturated heterocycles. The lowest BCUT2D eigenvalue weighted by molar-refractivity contribution is 0.490. The molecule has 18 heavy (non-hydrogen) atoms. The zero-order valence-corrected chi connectivity index (χ0v) is 11.2. The Morgan fingerprint density at radius 3 is 2.28 bits per heavy atom. The van der Waals surface area contributed by atoms with Crippen molar-refractivity contribution >= 4 is 11.6 Å². The molecule has 0 aliphatic heterocycles. The minimum atomic E-state index is -0.134. The Bertz CT molecular complexity index is 523. The Morgan fingerprint density at radius 2 is 1.72 bits per heavy atom. The quantitative estimate of drug-likeness (QED) is 0.921. The first-order valence-corrected chi connectivity index (χ1v) is 6.30. The first-order valence-electron chi connectivity index (χ1n) is 5.92. The number of aromatic nitrogens is 2. The van der Waals surface area contributed by atoms with E-state index < -0.39 is 0 Å². The fraction of sp³-hybridized carbons (Fsp3) is 0.286. The van der Waals surface area contributed by atoms with Crippen LogP contribution in [-0.2, 0) is 0 Å². The van der Waals surface area contributed by atoms with Gasteiger partial charge >= 0.3 is 0 Å². The van der Waals surface area contributed by atoms with Crippen molar-refractivity contribution in [3.8, 4) is 11.1 Å². The van der Waals surface area contributed by atoms with Gasteiger partial charge in [-0.05, 0) is 12.0 Å². The molecule has 1 heterocycles. The SMILES string of the molecule is CC(C)C(N)c1ncc(-c2ccccc2Cl)cn1. The van der Waals surface area contributed by atoms with Crippen LogP contribution < -0.4 is 5.73 Å². The van der Waals surface area contributed by atoms with Crippen molar-refractivity contribution in [1.29, 1.82) is 0 Å². The molecule has 0 spiro atoms. The normalized spacial score (nSPS) is 12.7. The summed E-state index contributed by atoms with van der Waals surface area (Å²) in [5.74, 6) is 0.983. The van der Waals surface area contributed by atoms with E-state index in [0.29, 0.717) is 16.8 Å². The van der Waals surface area contributed by atoms with E-state index in [1.54, 1.807) is 12.4 Å². The van der Waals surface area contributed by atoms with Crippen molar-refractivity contribution in [2.45, 2.75) is 19.9 Å². The second kappa shape index (κ2) is 5.46. The van der Waals surface area contributed by atoms with Gasteiger partial charge in [-0.25, -0.2) is 9.97 Å². The van der Waals surface area contributed by atoms with E-state index in [1.807, 2.05) is 24.3 Å². The summed E-state index contributed by atoms with van der Waals surface area (Å²) in [6.07, 6.45) is 3.54. The van der Waals surface area contributed by atoms with Gasteiger partial charge in [-0.3, -0.25) is 0 Å². The van der Waals surface area contributed by atoms with E-state index >= 15 is 0 Å². The summed E-state index contributed by atoms with van der Waals surface area (Å²) in [5.41, 5.74) is 7.84. The lowest BCUT2D eigenvalue weighted by Crippen LogP contribution is -2.19. The minimum Gasteiger partial charge on any atom is -0.321 e. The molecule has 0 radical (unpaired) electrons. The van der Waals surface area contributed by atoms with Gasteiger partial charge in [-0.2, -0.15) is 0 Å². The van der Waals surface area contributed by atoms with Crippen LogP contribution in [0, 0.1) is 5.92 Å². The minimum absolute atomic E-state index is 0.134. The summed E-state index contributed by atoms with van der Waals surface area (Å²) in [4.78, 5) is 8.65. The van der Waals surface area contributed by atoms with Gasteiger partial charge in [-0.1, -0.05) is 43.6 Å². The van der Waals surface area contributed by atoms with Crippen molar-refractivity contribution in [1.82, 2.24) is 9.97 Å². The number of halogens is 1. The third-order valence-electron chi connectivity index (χ3n) is 2.87. The number of nitrogens with zero attached hydrogens (tertiary/aromatic N) is 2. The van der Waals surface area contributed by atoms with Gasteiger partial charge in [0.05, 0.1) is 6.04 Å². The molecule has 1 aromatic heterocycles. The number of hydrogen-bond donors (Lipinski definition) is 1. The summed E-state index contributed by atoms with van der Waals surface area (Å²) < 4.78 is 0. The zero-order chi connectivity index (χ0) is 13.1. The molecule has 0 fully saturated rings. The number of hydrogen-bond acceptors (Lipinski definition) is 3. The highest BCUT2D eigenvalue weighted by molar-refractivity contribution is 6.33. The average molecular weight is 262 g/mol. The van der Waals surface area contributed by atoms with Crippen LogP contribution in [0.25, 0.3) is 11.1 Å². The van der Waals surface area contributed by atoms with Crippen LogP contribution >= 0.6 is 11.6 Å². The summed E-state index contributed by atoms with van der Waals surface area (Å²) in [6.45, 7) is 4.10. The Morgan fingerprint density at radius 1 is 1.11 bits per heavy atom. The van der Waals surface area contributed by atoms with Gasteiger partial charge in [0.2, 0.25) is 0 Å². The highest BCUT2D eigenvalue weighted by atomic mass is 35.5. The van der Waals surface area contributed by atoms with Crippen molar-refractivity contribution in [2.24, 2.45) is 11.7 Å². The Balaban J connectivity index is 2.31. The van der Waals surface area contributed by atoms with Crippen LogP contribution in [0.15, 0.2) is 36.7 Å². The predicted molar refractivity (Wildman–Crippen MR) is 74.2 cm³/mol. The van der Waals surface area contributed by atoms with Crippen LogP contribution in [0.2, 0.25) is 5.02 Å². The smallest absolute Gasteiger partial charge is 0.145 e. The van der Waals surface area contributed by atoms with Crippen molar-refractivity contribution in [2.75, 3.05) is 0 Å². The Labute approximate surface area is 112 Å². The third-order valence-corrected chi connectivity index (χ3v) is 3.20. The van der Waals surface area contributed by atoms with Crippen LogP contribution in [0.1, 0.15) is 25.7 Å². The fourth-order valence-corrected chi connectivity index (χ4v) is 1.89. The van der Waals surface area contributed by atoms with Crippen molar-refractivity contribution in [3.63, 3.8) is 0 Å². The molecular formula is C14H16ClN3. The fourth-order valence-electron chi connectivity index (χ4n) is 1.64. The molecule has 0 bridgehead atoms. The first-order chi connectivity index (χ1) is 8.59. The van der Waals surface area contributed by atoms with Crippen LogP contribution in [0.4, 0.5) is 0 Å². The largest absolute Gasteiger partial charge is 0.321 e.